The van der Waals surface area contributed by atoms with Crippen LogP contribution in [-0.2, 0) is 4.79 Å². The van der Waals surface area contributed by atoms with Crippen LogP contribution in [0, 0.1) is 12.3 Å². The van der Waals surface area contributed by atoms with Gasteiger partial charge in [0.25, 0.3) is 0 Å². The van der Waals surface area contributed by atoms with Gasteiger partial charge in [0.15, 0.2) is 0 Å². The van der Waals surface area contributed by atoms with Crippen molar-refractivity contribution >= 4 is 22.4 Å². The Morgan fingerprint density at radius 2 is 1.89 bits per heavy atom. The molecule has 1 saturated heterocycles. The van der Waals surface area contributed by atoms with Crippen LogP contribution in [0.5, 0.6) is 0 Å². The molecule has 0 N–H and O–H groups in total. The topological polar surface area (TPSA) is 49.3 Å². The third kappa shape index (κ3) is 3.43. The number of hydrogen-bond acceptors (Lipinski definition) is 5. The molecule has 5 nitrogen and oxygen atoms in total. The molecule has 0 bridgehead atoms. The molecule has 0 aromatic carbocycles. The number of amides is 1. The normalized spacial score (nSPS) is 17.5. The Kier molecular flexibility index (Phi) is 4.08. The highest BCUT2D eigenvalue weighted by Gasteiger charge is 2.28. The summed E-state index contributed by atoms with van der Waals surface area (Å²) in [6, 6.07) is 0. The van der Waals surface area contributed by atoms with Crippen LogP contribution in [0.1, 0.15) is 32.2 Å². The van der Waals surface area contributed by atoms with E-state index in [2.05, 4.69) is 15.1 Å². The average molecular weight is 282 g/mol. The summed E-state index contributed by atoms with van der Waals surface area (Å²) in [5.41, 5.74) is -0.297. The van der Waals surface area contributed by atoms with Crippen LogP contribution in [0.15, 0.2) is 0 Å². The van der Waals surface area contributed by atoms with Gasteiger partial charge in [-0.2, -0.15) is 0 Å². The molecule has 1 aliphatic rings. The van der Waals surface area contributed by atoms with Crippen LogP contribution in [0.3, 0.4) is 0 Å². The van der Waals surface area contributed by atoms with Gasteiger partial charge < -0.3 is 9.80 Å². The lowest BCUT2D eigenvalue weighted by atomic mass is 9.94. The van der Waals surface area contributed by atoms with Gasteiger partial charge in [-0.15, -0.1) is 10.2 Å². The molecule has 0 saturated carbocycles. The Morgan fingerprint density at radius 3 is 2.47 bits per heavy atom. The quantitative estimate of drug-likeness (QED) is 0.790. The van der Waals surface area contributed by atoms with Gasteiger partial charge in [0.05, 0.1) is 0 Å². The number of nitrogens with zero attached hydrogens (tertiary/aromatic N) is 4. The maximum absolute atomic E-state index is 12.3. The minimum atomic E-state index is -0.297. The fourth-order valence-electron chi connectivity index (χ4n) is 2.20. The van der Waals surface area contributed by atoms with Crippen LogP contribution < -0.4 is 4.90 Å². The molecule has 1 aromatic heterocycles. The summed E-state index contributed by atoms with van der Waals surface area (Å²) in [7, 11) is 0. The van der Waals surface area contributed by atoms with E-state index in [9.17, 15) is 4.79 Å². The summed E-state index contributed by atoms with van der Waals surface area (Å²) < 4.78 is 0. The van der Waals surface area contributed by atoms with Crippen molar-refractivity contribution in [2.24, 2.45) is 5.41 Å². The molecule has 0 spiro atoms. The van der Waals surface area contributed by atoms with E-state index in [0.717, 1.165) is 42.7 Å². The zero-order valence-corrected chi connectivity index (χ0v) is 13.0. The van der Waals surface area contributed by atoms with Crippen molar-refractivity contribution in [3.63, 3.8) is 0 Å². The van der Waals surface area contributed by atoms with Crippen molar-refractivity contribution in [2.45, 2.75) is 34.1 Å². The van der Waals surface area contributed by atoms with Crippen LogP contribution in [0.2, 0.25) is 0 Å². The monoisotopic (exact) mass is 282 g/mol. The van der Waals surface area contributed by atoms with E-state index >= 15 is 0 Å². The van der Waals surface area contributed by atoms with Crippen molar-refractivity contribution in [1.29, 1.82) is 0 Å². The maximum Gasteiger partial charge on any atom is 0.228 e. The van der Waals surface area contributed by atoms with Gasteiger partial charge in [-0.05, 0) is 13.3 Å². The molecule has 6 heteroatoms. The molecule has 0 atom stereocenters. The fourth-order valence-corrected chi connectivity index (χ4v) is 2.94. The molecule has 0 aliphatic carbocycles. The zero-order chi connectivity index (χ0) is 14.0. The Bertz CT molecular complexity index is 452. The van der Waals surface area contributed by atoms with Crippen LogP contribution in [0.4, 0.5) is 5.13 Å². The highest BCUT2D eigenvalue weighted by Crippen LogP contribution is 2.23. The number of hydrogen-bond donors (Lipinski definition) is 0. The lowest BCUT2D eigenvalue weighted by Gasteiger charge is -2.28. The van der Waals surface area contributed by atoms with E-state index in [0.29, 0.717) is 0 Å². The first-order valence-electron chi connectivity index (χ1n) is 6.72. The molecule has 19 heavy (non-hydrogen) atoms. The lowest BCUT2D eigenvalue weighted by molar-refractivity contribution is -0.139. The van der Waals surface area contributed by atoms with E-state index < -0.39 is 0 Å². The molecule has 106 valence electrons. The Morgan fingerprint density at radius 1 is 1.16 bits per heavy atom. The first-order valence-corrected chi connectivity index (χ1v) is 7.54. The van der Waals surface area contributed by atoms with E-state index in [1.54, 1.807) is 11.3 Å². The number of carbonyl (C=O) groups excluding carboxylic acids is 1. The number of rotatable bonds is 1. The predicted molar refractivity (Wildman–Crippen MR) is 77.5 cm³/mol. The average Bonchev–Trinajstić information content (AvgIpc) is 2.63. The summed E-state index contributed by atoms with van der Waals surface area (Å²) >= 11 is 1.62. The highest BCUT2D eigenvalue weighted by molar-refractivity contribution is 7.15. The smallest absolute Gasteiger partial charge is 0.228 e. The Labute approximate surface area is 118 Å². The van der Waals surface area contributed by atoms with Crippen molar-refractivity contribution in [3.8, 4) is 0 Å². The van der Waals surface area contributed by atoms with Crippen molar-refractivity contribution < 1.29 is 4.79 Å². The van der Waals surface area contributed by atoms with E-state index in [4.69, 9.17) is 0 Å². The maximum atomic E-state index is 12.3. The molecule has 1 fully saturated rings. The summed E-state index contributed by atoms with van der Waals surface area (Å²) in [4.78, 5) is 16.5. The molecule has 0 unspecified atom stereocenters. The molecule has 2 heterocycles. The van der Waals surface area contributed by atoms with E-state index in [-0.39, 0.29) is 11.3 Å². The van der Waals surface area contributed by atoms with Crippen molar-refractivity contribution in [3.05, 3.63) is 5.01 Å². The summed E-state index contributed by atoms with van der Waals surface area (Å²) in [5.74, 6) is 0.239. The lowest BCUT2D eigenvalue weighted by Crippen LogP contribution is -2.41. The van der Waals surface area contributed by atoms with E-state index in [1.807, 2.05) is 32.6 Å². The number of aromatic nitrogens is 2. The predicted octanol–water partition coefficient (Wildman–Crippen LogP) is 1.93. The minimum Gasteiger partial charge on any atom is -0.345 e. The van der Waals surface area contributed by atoms with Gasteiger partial charge in [0, 0.05) is 31.6 Å². The number of anilines is 1. The van der Waals surface area contributed by atoms with Crippen molar-refractivity contribution in [2.75, 3.05) is 31.1 Å². The Hall–Kier alpha value is -1.17. The second-order valence-electron chi connectivity index (χ2n) is 5.99. The van der Waals surface area contributed by atoms with Crippen LogP contribution in [0.25, 0.3) is 0 Å². The van der Waals surface area contributed by atoms with Crippen molar-refractivity contribution in [1.82, 2.24) is 15.1 Å². The van der Waals surface area contributed by atoms with Gasteiger partial charge in [0.2, 0.25) is 11.0 Å². The SMILES string of the molecule is Cc1nnc(N2CCCN(C(=O)C(C)(C)C)CC2)s1. The van der Waals surface area contributed by atoms with Gasteiger partial charge in [-0.25, -0.2) is 0 Å². The second-order valence-corrected chi connectivity index (χ2v) is 7.15. The van der Waals surface area contributed by atoms with Crippen LogP contribution in [-0.4, -0.2) is 47.2 Å². The molecule has 2 rings (SSSR count). The summed E-state index contributed by atoms with van der Waals surface area (Å²) in [6.45, 7) is 11.3. The largest absolute Gasteiger partial charge is 0.345 e. The van der Waals surface area contributed by atoms with Gasteiger partial charge in [-0.1, -0.05) is 32.1 Å². The first-order chi connectivity index (χ1) is 8.88. The van der Waals surface area contributed by atoms with Gasteiger partial charge in [-0.3, -0.25) is 4.79 Å². The molecule has 1 amide bonds. The van der Waals surface area contributed by atoms with E-state index in [1.165, 1.54) is 0 Å². The molecule has 0 radical (unpaired) electrons. The van der Waals surface area contributed by atoms with Gasteiger partial charge in [0.1, 0.15) is 5.01 Å². The summed E-state index contributed by atoms with van der Waals surface area (Å²) in [5, 5.41) is 10.2. The fraction of sp³-hybridized carbons (Fsp3) is 0.769. The van der Waals surface area contributed by atoms with Gasteiger partial charge >= 0.3 is 0 Å². The summed E-state index contributed by atoms with van der Waals surface area (Å²) in [6.07, 6.45) is 0.987. The second kappa shape index (κ2) is 5.45. The van der Waals surface area contributed by atoms with Crippen LogP contribution >= 0.6 is 11.3 Å². The third-order valence-corrected chi connectivity index (χ3v) is 4.11. The minimum absolute atomic E-state index is 0.239. The Balaban J connectivity index is 2.01. The number of aryl methyl sites for hydroxylation is 1. The first kappa shape index (κ1) is 14.2. The third-order valence-electron chi connectivity index (χ3n) is 3.21. The molecular formula is C13H22N4OS. The molecule has 1 aromatic rings. The standard InChI is InChI=1S/C13H22N4OS/c1-10-14-15-12(19-10)17-7-5-6-16(8-9-17)11(18)13(2,3)4/h5-9H2,1-4H3. The number of carbonyl (C=O) groups is 1. The molecular weight excluding hydrogens is 260 g/mol. The molecule has 1 aliphatic heterocycles. The zero-order valence-electron chi connectivity index (χ0n) is 12.1. The highest BCUT2D eigenvalue weighted by atomic mass is 32.1.